The Hall–Kier alpha value is -0.940. The number of H-pyrrole nitrogens is 1. The van der Waals surface area contributed by atoms with Crippen LogP contribution in [0.25, 0.3) is 0 Å². The summed E-state index contributed by atoms with van der Waals surface area (Å²) in [6.45, 7) is 1.87. The van der Waals surface area contributed by atoms with E-state index in [0.29, 0.717) is 12.2 Å². The van der Waals surface area contributed by atoms with Crippen molar-refractivity contribution in [2.24, 2.45) is 5.73 Å². The Bertz CT molecular complexity index is 222. The average Bonchev–Trinajstić information content (AvgIpc) is 2.36. The second-order valence-electron chi connectivity index (χ2n) is 2.40. The molecule has 5 nitrogen and oxygen atoms in total. The van der Waals surface area contributed by atoms with Crippen molar-refractivity contribution < 1.29 is 5.11 Å². The molecule has 1 unspecified atom stereocenters. The summed E-state index contributed by atoms with van der Waals surface area (Å²) in [5.74, 6) is 1.31. The van der Waals surface area contributed by atoms with E-state index in [1.54, 1.807) is 0 Å². The molecule has 4 N–H and O–H groups in total. The minimum atomic E-state index is -0.259. The Morgan fingerprint density at radius 2 is 2.45 bits per heavy atom. The van der Waals surface area contributed by atoms with Crippen LogP contribution in [0.2, 0.25) is 0 Å². The monoisotopic (exact) mass is 156 g/mol. The lowest BCUT2D eigenvalue weighted by Gasteiger charge is -2.02. The highest BCUT2D eigenvalue weighted by Crippen LogP contribution is 2.06. The van der Waals surface area contributed by atoms with Crippen LogP contribution in [0.4, 0.5) is 0 Å². The molecule has 0 radical (unpaired) electrons. The van der Waals surface area contributed by atoms with Crippen LogP contribution in [0.5, 0.6) is 0 Å². The molecule has 62 valence electrons. The van der Waals surface area contributed by atoms with Gasteiger partial charge in [-0.05, 0) is 13.3 Å². The average molecular weight is 156 g/mol. The van der Waals surface area contributed by atoms with E-state index in [0.717, 1.165) is 5.82 Å². The minimum Gasteiger partial charge on any atom is -0.396 e. The smallest absolute Gasteiger partial charge is 0.167 e. The van der Waals surface area contributed by atoms with Crippen molar-refractivity contribution >= 4 is 0 Å². The zero-order valence-corrected chi connectivity index (χ0v) is 6.41. The maximum Gasteiger partial charge on any atom is 0.167 e. The van der Waals surface area contributed by atoms with Gasteiger partial charge in [0.2, 0.25) is 0 Å². The molecule has 5 heteroatoms. The fourth-order valence-electron chi connectivity index (χ4n) is 0.794. The largest absolute Gasteiger partial charge is 0.396 e. The van der Waals surface area contributed by atoms with Crippen LogP contribution in [0.3, 0.4) is 0 Å². The van der Waals surface area contributed by atoms with Crippen molar-refractivity contribution in [1.82, 2.24) is 15.2 Å². The normalized spacial score (nSPS) is 13.4. The Morgan fingerprint density at radius 1 is 1.73 bits per heavy atom. The van der Waals surface area contributed by atoms with Crippen LogP contribution < -0.4 is 5.73 Å². The molecule has 0 saturated heterocycles. The lowest BCUT2D eigenvalue weighted by molar-refractivity contribution is 0.274. The summed E-state index contributed by atoms with van der Waals surface area (Å²) < 4.78 is 0. The molecular weight excluding hydrogens is 144 g/mol. The van der Waals surface area contributed by atoms with Crippen LogP contribution in [-0.2, 0) is 0 Å². The van der Waals surface area contributed by atoms with E-state index < -0.39 is 0 Å². The number of hydrogen-bond donors (Lipinski definition) is 3. The fraction of sp³-hybridized carbons (Fsp3) is 0.667. The van der Waals surface area contributed by atoms with E-state index in [1.165, 1.54) is 0 Å². The van der Waals surface area contributed by atoms with Crippen molar-refractivity contribution in [3.8, 4) is 0 Å². The van der Waals surface area contributed by atoms with Crippen LogP contribution in [0.1, 0.15) is 24.1 Å². The van der Waals surface area contributed by atoms with Crippen LogP contribution in [0, 0.1) is 6.92 Å². The third kappa shape index (κ3) is 1.99. The van der Waals surface area contributed by atoms with Crippen molar-refractivity contribution in [3.63, 3.8) is 0 Å². The van der Waals surface area contributed by atoms with Crippen LogP contribution in [-0.4, -0.2) is 26.9 Å². The van der Waals surface area contributed by atoms with Crippen molar-refractivity contribution in [3.05, 3.63) is 11.6 Å². The number of nitrogens with zero attached hydrogens (tertiary/aromatic N) is 2. The molecule has 1 aromatic heterocycles. The number of nitrogens with two attached hydrogens (primary N) is 1. The molecule has 0 amide bonds. The third-order valence-corrected chi connectivity index (χ3v) is 1.39. The molecule has 0 aliphatic carbocycles. The molecule has 1 heterocycles. The maximum absolute atomic E-state index is 8.56. The van der Waals surface area contributed by atoms with Crippen molar-refractivity contribution in [2.75, 3.05) is 6.61 Å². The van der Waals surface area contributed by atoms with Gasteiger partial charge in [-0.25, -0.2) is 4.98 Å². The third-order valence-electron chi connectivity index (χ3n) is 1.39. The Morgan fingerprint density at radius 3 is 2.91 bits per heavy atom. The highest BCUT2D eigenvalue weighted by atomic mass is 16.3. The molecule has 0 bridgehead atoms. The van der Waals surface area contributed by atoms with Gasteiger partial charge in [-0.15, -0.1) is 0 Å². The highest BCUT2D eigenvalue weighted by molar-refractivity contribution is 4.93. The fourth-order valence-corrected chi connectivity index (χ4v) is 0.794. The van der Waals surface area contributed by atoms with E-state index >= 15 is 0 Å². The minimum absolute atomic E-state index is 0.0642. The van der Waals surface area contributed by atoms with Gasteiger partial charge in [0.25, 0.3) is 0 Å². The quantitative estimate of drug-likeness (QED) is 0.550. The number of rotatable bonds is 3. The zero-order valence-electron chi connectivity index (χ0n) is 6.41. The number of hydrogen-bond acceptors (Lipinski definition) is 4. The summed E-state index contributed by atoms with van der Waals surface area (Å²) in [6, 6.07) is -0.259. The molecule has 0 spiro atoms. The summed E-state index contributed by atoms with van der Waals surface area (Å²) in [7, 11) is 0. The molecule has 1 rings (SSSR count). The molecule has 0 fully saturated rings. The predicted molar refractivity (Wildman–Crippen MR) is 39.8 cm³/mol. The molecular formula is C6H12N4O. The topological polar surface area (TPSA) is 87.8 Å². The summed E-state index contributed by atoms with van der Waals surface area (Å²) in [5.41, 5.74) is 5.61. The first kappa shape index (κ1) is 8.16. The number of aromatic nitrogens is 3. The van der Waals surface area contributed by atoms with E-state index in [-0.39, 0.29) is 12.6 Å². The van der Waals surface area contributed by atoms with Gasteiger partial charge in [0.1, 0.15) is 5.82 Å². The van der Waals surface area contributed by atoms with Crippen molar-refractivity contribution in [1.29, 1.82) is 0 Å². The van der Waals surface area contributed by atoms with Gasteiger partial charge in [-0.3, -0.25) is 5.10 Å². The lowest BCUT2D eigenvalue weighted by atomic mass is 10.2. The van der Waals surface area contributed by atoms with Gasteiger partial charge < -0.3 is 10.8 Å². The van der Waals surface area contributed by atoms with E-state index in [4.69, 9.17) is 10.8 Å². The maximum atomic E-state index is 8.56. The van der Waals surface area contributed by atoms with Gasteiger partial charge in [0.05, 0.1) is 6.04 Å². The number of nitrogens with one attached hydrogen (secondary N) is 1. The first-order chi connectivity index (χ1) is 5.24. The van der Waals surface area contributed by atoms with Gasteiger partial charge in [0.15, 0.2) is 5.82 Å². The summed E-state index contributed by atoms with van der Waals surface area (Å²) in [6.07, 6.45) is 0.497. The second kappa shape index (κ2) is 3.45. The number of aromatic amines is 1. The molecule has 0 aliphatic rings. The van der Waals surface area contributed by atoms with Crippen molar-refractivity contribution in [2.45, 2.75) is 19.4 Å². The molecule has 1 atom stereocenters. The summed E-state index contributed by atoms with van der Waals surface area (Å²) in [5, 5.41) is 15.1. The highest BCUT2D eigenvalue weighted by Gasteiger charge is 2.09. The Kier molecular flexibility index (Phi) is 2.56. The Labute approximate surface area is 64.6 Å². The van der Waals surface area contributed by atoms with Gasteiger partial charge >= 0.3 is 0 Å². The summed E-state index contributed by atoms with van der Waals surface area (Å²) >= 11 is 0. The van der Waals surface area contributed by atoms with Gasteiger partial charge in [0, 0.05) is 6.61 Å². The number of aliphatic hydroxyl groups excluding tert-OH is 1. The number of aryl methyl sites for hydroxylation is 1. The predicted octanol–water partition coefficient (Wildman–Crippen LogP) is -0.505. The molecule has 11 heavy (non-hydrogen) atoms. The molecule has 0 aliphatic heterocycles. The molecule has 0 aromatic carbocycles. The Balaban J connectivity index is 2.60. The summed E-state index contributed by atoms with van der Waals surface area (Å²) in [4.78, 5) is 4.03. The molecule has 0 saturated carbocycles. The first-order valence-electron chi connectivity index (χ1n) is 3.49. The van der Waals surface area contributed by atoms with E-state index in [9.17, 15) is 0 Å². The zero-order chi connectivity index (χ0) is 8.27. The van der Waals surface area contributed by atoms with Gasteiger partial charge in [-0.1, -0.05) is 0 Å². The van der Waals surface area contributed by atoms with Crippen LogP contribution in [0.15, 0.2) is 0 Å². The first-order valence-corrected chi connectivity index (χ1v) is 3.49. The second-order valence-corrected chi connectivity index (χ2v) is 2.40. The lowest BCUT2D eigenvalue weighted by Crippen LogP contribution is -2.13. The SMILES string of the molecule is Cc1nc(C(N)CCO)n[nH]1. The standard InChI is InChI=1S/C6H12N4O/c1-4-8-6(10-9-4)5(7)2-3-11/h5,11H,2-3,7H2,1H3,(H,8,9,10). The van der Waals surface area contributed by atoms with E-state index in [2.05, 4.69) is 15.2 Å². The van der Waals surface area contributed by atoms with E-state index in [1.807, 2.05) is 6.92 Å². The van der Waals surface area contributed by atoms with Crippen LogP contribution >= 0.6 is 0 Å². The van der Waals surface area contributed by atoms with Gasteiger partial charge in [-0.2, -0.15) is 5.10 Å². The number of aliphatic hydroxyl groups is 1. The molecule has 1 aromatic rings.